The molecule has 0 aromatic heterocycles. The number of hydrogen-bond donors (Lipinski definition) is 0. The van der Waals surface area contributed by atoms with Gasteiger partial charge in [0.05, 0.1) is 0 Å². The Kier molecular flexibility index (Phi) is 2.26. The van der Waals surface area contributed by atoms with Gasteiger partial charge in [-0.3, -0.25) is 0 Å². The van der Waals surface area contributed by atoms with E-state index >= 15 is 0 Å². The quantitative estimate of drug-likeness (QED) is 0.338. The van der Waals surface area contributed by atoms with Gasteiger partial charge in [-0.2, -0.15) is 21.6 Å². The minimum absolute atomic E-state index is 0.0787. The number of halogens is 4. The lowest BCUT2D eigenvalue weighted by Gasteiger charge is -2.13. The zero-order valence-electron chi connectivity index (χ0n) is 4.68. The second-order valence-corrected chi connectivity index (χ2v) is 2.75. The number of rotatable bonds is 1. The lowest BCUT2D eigenvalue weighted by molar-refractivity contribution is -0.203. The molecule has 0 atom stereocenters. The Morgan fingerprint density at radius 1 is 1.30 bits per heavy atom. The summed E-state index contributed by atoms with van der Waals surface area (Å²) in [5.74, 6) is 0. The van der Waals surface area contributed by atoms with Crippen molar-refractivity contribution in [1.29, 1.82) is 0 Å². The highest BCUT2D eigenvalue weighted by molar-refractivity contribution is 7.83. The molecule has 0 unspecified atom stereocenters. The smallest absolute Gasteiger partial charge is 0.176 e. The minimum atomic E-state index is -5.65. The van der Waals surface area contributed by atoms with Crippen molar-refractivity contribution in [2.45, 2.75) is 6.30 Å². The Bertz CT molecular complexity index is 206. The number of nitrogens with zero attached hydrogens (tertiary/aromatic N) is 1. The van der Waals surface area contributed by atoms with Crippen molar-refractivity contribution < 1.29 is 25.5 Å². The topological polar surface area (TPSA) is 37.4 Å². The molecule has 3 nitrogen and oxygen atoms in total. The summed E-state index contributed by atoms with van der Waals surface area (Å²) in [6.07, 6.45) is -5.19. The van der Waals surface area contributed by atoms with Gasteiger partial charge in [0, 0.05) is 7.05 Å². The third kappa shape index (κ3) is 2.48. The van der Waals surface area contributed by atoms with Crippen molar-refractivity contribution in [1.82, 2.24) is 4.31 Å². The number of alkyl halides is 3. The molecule has 62 valence electrons. The molecule has 0 saturated carbocycles. The normalized spacial score (nSPS) is 14.2. The van der Waals surface area contributed by atoms with Crippen LogP contribution in [0.15, 0.2) is 0 Å². The molecule has 0 aliphatic rings. The first-order valence-corrected chi connectivity index (χ1v) is 3.25. The lowest BCUT2D eigenvalue weighted by Crippen LogP contribution is -2.36. The molecule has 0 radical (unpaired) electrons. The predicted molar refractivity (Wildman–Crippen MR) is 23.8 cm³/mol. The highest BCUT2D eigenvalue weighted by Crippen LogP contribution is 2.22. The van der Waals surface area contributed by atoms with Crippen molar-refractivity contribution in [2.24, 2.45) is 0 Å². The van der Waals surface area contributed by atoms with Crippen LogP contribution in [0.25, 0.3) is 0 Å². The fourth-order valence-electron chi connectivity index (χ4n) is 0.124. The molecule has 0 aliphatic heterocycles. The maximum atomic E-state index is 11.5. The van der Waals surface area contributed by atoms with Crippen molar-refractivity contribution in [3.05, 3.63) is 0 Å². The van der Waals surface area contributed by atoms with Gasteiger partial charge in [-0.25, -0.2) is 0 Å². The Hall–Kier alpha value is -0.370. The molecule has 0 amide bonds. The van der Waals surface area contributed by atoms with Gasteiger partial charge in [-0.05, 0) is 0 Å². The summed E-state index contributed by atoms with van der Waals surface area (Å²) >= 11 is 0. The van der Waals surface area contributed by atoms with E-state index in [9.17, 15) is 25.5 Å². The van der Waals surface area contributed by atoms with E-state index < -0.39 is 21.0 Å². The van der Waals surface area contributed by atoms with Crippen LogP contribution >= 0.6 is 0 Å². The molecule has 0 aromatic rings. The van der Waals surface area contributed by atoms with Crippen LogP contribution < -0.4 is 0 Å². The highest BCUT2D eigenvalue weighted by Gasteiger charge is 2.42. The first-order valence-electron chi connectivity index (χ1n) is 1.91. The molecule has 0 fully saturated rings. The summed E-state index contributed by atoms with van der Waals surface area (Å²) in [6, 6.07) is 0. The van der Waals surface area contributed by atoms with Crippen LogP contribution in [0.3, 0.4) is 0 Å². The largest absolute Gasteiger partial charge is 0.475 e. The molecule has 0 spiro atoms. The summed E-state index contributed by atoms with van der Waals surface area (Å²) in [5.41, 5.74) is 0. The SMILES string of the molecule is CN(C(F)(F)F)S(=O)(=O)F. The summed E-state index contributed by atoms with van der Waals surface area (Å²) in [7, 11) is -5.57. The van der Waals surface area contributed by atoms with Crippen LogP contribution in [-0.4, -0.2) is 26.1 Å². The molecule has 0 heterocycles. The molecule has 0 rings (SSSR count). The molecular weight excluding hydrogens is 178 g/mol. The van der Waals surface area contributed by atoms with Gasteiger partial charge in [-0.1, -0.05) is 8.19 Å². The third-order valence-electron chi connectivity index (χ3n) is 0.684. The van der Waals surface area contributed by atoms with Gasteiger partial charge in [-0.15, -0.1) is 0 Å². The summed E-state index contributed by atoms with van der Waals surface area (Å²) < 4.78 is 62.9. The Morgan fingerprint density at radius 3 is 1.60 bits per heavy atom. The lowest BCUT2D eigenvalue weighted by atomic mass is 11.1. The first kappa shape index (κ1) is 9.63. The predicted octanol–water partition coefficient (Wildman–Crippen LogP) is 0.652. The van der Waals surface area contributed by atoms with E-state index in [-0.39, 0.29) is 7.05 Å². The van der Waals surface area contributed by atoms with E-state index in [0.717, 1.165) is 0 Å². The highest BCUT2D eigenvalue weighted by atomic mass is 32.3. The van der Waals surface area contributed by atoms with Gasteiger partial charge < -0.3 is 0 Å². The number of hydrogen-bond acceptors (Lipinski definition) is 2. The first-order chi connectivity index (χ1) is 4.15. The van der Waals surface area contributed by atoms with Crippen LogP contribution in [0, 0.1) is 0 Å². The van der Waals surface area contributed by atoms with Crippen molar-refractivity contribution in [2.75, 3.05) is 7.05 Å². The fraction of sp³-hybridized carbons (Fsp3) is 1.00. The van der Waals surface area contributed by atoms with E-state index in [4.69, 9.17) is 0 Å². The third-order valence-corrected chi connectivity index (χ3v) is 1.55. The van der Waals surface area contributed by atoms with Crippen LogP contribution in [0.5, 0.6) is 0 Å². The van der Waals surface area contributed by atoms with Crippen LogP contribution in [0.2, 0.25) is 0 Å². The fourth-order valence-corrected chi connectivity index (χ4v) is 0.371. The molecule has 0 aromatic carbocycles. The summed E-state index contributed by atoms with van der Waals surface area (Å²) in [5, 5.41) is 0. The monoisotopic (exact) mass is 181 g/mol. The molecule has 0 saturated heterocycles. The molecular formula is C2H3F4NO2S. The molecule has 10 heavy (non-hydrogen) atoms. The zero-order valence-corrected chi connectivity index (χ0v) is 5.50. The van der Waals surface area contributed by atoms with E-state index in [0.29, 0.717) is 0 Å². The molecule has 0 aliphatic carbocycles. The molecule has 0 bridgehead atoms. The van der Waals surface area contributed by atoms with Gasteiger partial charge in [0.2, 0.25) is 0 Å². The second-order valence-electron chi connectivity index (χ2n) is 1.38. The minimum Gasteiger partial charge on any atom is -0.176 e. The average Bonchev–Trinajstić information content (AvgIpc) is 1.59. The van der Waals surface area contributed by atoms with Gasteiger partial charge in [0.25, 0.3) is 0 Å². The summed E-state index contributed by atoms with van der Waals surface area (Å²) in [6.45, 7) is 0. The average molecular weight is 181 g/mol. The second kappa shape index (κ2) is 2.35. The van der Waals surface area contributed by atoms with E-state index in [1.807, 2.05) is 0 Å². The van der Waals surface area contributed by atoms with Crippen molar-refractivity contribution >= 4 is 10.4 Å². The van der Waals surface area contributed by atoms with Gasteiger partial charge in [0.15, 0.2) is 0 Å². The standard InChI is InChI=1S/C2H3F4NO2S/c1-7(2(3,4)5)10(6,8)9/h1H3. The summed E-state index contributed by atoms with van der Waals surface area (Å²) in [4.78, 5) is 0. The van der Waals surface area contributed by atoms with Gasteiger partial charge in [0.1, 0.15) is 0 Å². The Balaban J connectivity index is 4.56. The van der Waals surface area contributed by atoms with Gasteiger partial charge >= 0.3 is 16.7 Å². The maximum absolute atomic E-state index is 11.5. The Morgan fingerprint density at radius 2 is 1.60 bits per heavy atom. The van der Waals surface area contributed by atoms with Crippen LogP contribution in [0.4, 0.5) is 17.1 Å². The van der Waals surface area contributed by atoms with Crippen molar-refractivity contribution in [3.63, 3.8) is 0 Å². The van der Waals surface area contributed by atoms with E-state index in [1.54, 1.807) is 0 Å². The van der Waals surface area contributed by atoms with Crippen LogP contribution in [-0.2, 0) is 10.4 Å². The molecule has 0 N–H and O–H groups in total. The van der Waals surface area contributed by atoms with Crippen LogP contribution in [0.1, 0.15) is 0 Å². The van der Waals surface area contributed by atoms with E-state index in [2.05, 4.69) is 0 Å². The van der Waals surface area contributed by atoms with E-state index in [1.165, 1.54) is 0 Å². The molecule has 8 heteroatoms. The zero-order chi connectivity index (χ0) is 8.58. The Labute approximate surface area is 54.6 Å². The van der Waals surface area contributed by atoms with Crippen molar-refractivity contribution in [3.8, 4) is 0 Å². The maximum Gasteiger partial charge on any atom is 0.475 e.